The number of terminal acetylenes is 1. The second-order valence-corrected chi connectivity index (χ2v) is 4.06. The van der Waals surface area contributed by atoms with E-state index in [0.29, 0.717) is 0 Å². The lowest BCUT2D eigenvalue weighted by molar-refractivity contribution is -0.121. The smallest absolute Gasteiger partial charge is 0.146 e. The van der Waals surface area contributed by atoms with Crippen LogP contribution in [0, 0.1) is 12.5 Å². The number of aliphatic hydroxyl groups is 1. The summed E-state index contributed by atoms with van der Waals surface area (Å²) >= 11 is 0. The molecule has 0 amide bonds. The topological polar surface area (TPSA) is 61.8 Å². The molecule has 16 heavy (non-hydrogen) atoms. The van der Waals surface area contributed by atoms with E-state index < -0.39 is 0 Å². The number of hydrogen-bond donors (Lipinski definition) is 2. The number of carbonyl (C=O) groups excluding carboxylic acids is 1. The molecule has 2 N–H and O–H groups in total. The van der Waals surface area contributed by atoms with Crippen molar-refractivity contribution in [1.82, 2.24) is 10.4 Å². The van der Waals surface area contributed by atoms with E-state index >= 15 is 0 Å². The number of nitrogens with one attached hydrogen (secondary N) is 1. The fraction of sp³-hybridized carbons (Fsp3) is 0.727. The van der Waals surface area contributed by atoms with Crippen LogP contribution < -0.4 is 5.48 Å². The molecular weight excluding hydrogens is 208 g/mol. The van der Waals surface area contributed by atoms with Crippen molar-refractivity contribution in [2.24, 2.45) is 0 Å². The largest absolute Gasteiger partial charge is 0.395 e. The molecule has 0 spiro atoms. The quantitative estimate of drug-likeness (QED) is 0.489. The second kappa shape index (κ2) is 5.85. The Hall–Kier alpha value is -1.09. The lowest BCUT2D eigenvalue weighted by atomic mass is 10.1. The fourth-order valence-corrected chi connectivity index (χ4v) is 2.29. The maximum Gasteiger partial charge on any atom is 0.146 e. The Bertz CT molecular complexity index is 287. The first-order valence-corrected chi connectivity index (χ1v) is 5.32. The number of rotatable bonds is 5. The summed E-state index contributed by atoms with van der Waals surface area (Å²) in [6, 6.07) is -0.274. The molecule has 5 nitrogen and oxygen atoms in total. The third-order valence-corrected chi connectivity index (χ3v) is 3.15. The standard InChI is InChI=1S/C11H18N2O3/c1-4-16-12-9(7-14)11-6-5-10(8(2)15)13(11)3/h1,9-12,14H,5-7H2,2-3H3/t9?,10-,11-/m1/s1. The second-order valence-electron chi connectivity index (χ2n) is 4.06. The summed E-state index contributed by atoms with van der Waals surface area (Å²) < 4.78 is 0. The van der Waals surface area contributed by atoms with Crippen molar-refractivity contribution in [1.29, 1.82) is 0 Å². The highest BCUT2D eigenvalue weighted by Gasteiger charge is 2.37. The van der Waals surface area contributed by atoms with Gasteiger partial charge in [0, 0.05) is 6.04 Å². The number of aliphatic hydroxyl groups excluding tert-OH is 1. The van der Waals surface area contributed by atoms with E-state index in [2.05, 4.69) is 10.3 Å². The maximum absolute atomic E-state index is 11.3. The molecule has 90 valence electrons. The summed E-state index contributed by atoms with van der Waals surface area (Å²) in [5.41, 5.74) is 2.61. The summed E-state index contributed by atoms with van der Waals surface area (Å²) in [5.74, 6) is 0.152. The third-order valence-electron chi connectivity index (χ3n) is 3.15. The van der Waals surface area contributed by atoms with Gasteiger partial charge in [-0.3, -0.25) is 9.69 Å². The van der Waals surface area contributed by atoms with E-state index in [1.165, 1.54) is 0 Å². The van der Waals surface area contributed by atoms with Gasteiger partial charge in [-0.25, -0.2) is 0 Å². The van der Waals surface area contributed by atoms with Crippen molar-refractivity contribution >= 4 is 5.78 Å². The van der Waals surface area contributed by atoms with Gasteiger partial charge in [0.1, 0.15) is 11.9 Å². The number of likely N-dealkylation sites (N-methyl/N-ethyl adjacent to an activating group) is 1. The summed E-state index contributed by atoms with van der Waals surface area (Å²) in [6.45, 7) is 1.50. The zero-order valence-electron chi connectivity index (χ0n) is 9.64. The number of hydrogen-bond acceptors (Lipinski definition) is 5. The lowest BCUT2D eigenvalue weighted by Gasteiger charge is -2.29. The predicted molar refractivity (Wildman–Crippen MR) is 59.2 cm³/mol. The van der Waals surface area contributed by atoms with Crippen LogP contribution in [0.3, 0.4) is 0 Å². The minimum Gasteiger partial charge on any atom is -0.395 e. The van der Waals surface area contributed by atoms with Gasteiger partial charge in [0.05, 0.1) is 18.7 Å². The number of Topliss-reactive ketones (excluding diaryl/α,β-unsaturated/α-hetero) is 1. The predicted octanol–water partition coefficient (Wildman–Crippen LogP) is -0.489. The molecule has 0 radical (unpaired) electrons. The number of nitrogens with zero attached hydrogens (tertiary/aromatic N) is 1. The Morgan fingerprint density at radius 2 is 2.44 bits per heavy atom. The highest BCUT2D eigenvalue weighted by Crippen LogP contribution is 2.25. The van der Waals surface area contributed by atoms with Gasteiger partial charge in [0.15, 0.2) is 0 Å². The van der Waals surface area contributed by atoms with Gasteiger partial charge < -0.3 is 9.94 Å². The van der Waals surface area contributed by atoms with E-state index in [4.69, 9.17) is 6.42 Å². The van der Waals surface area contributed by atoms with Gasteiger partial charge in [-0.1, -0.05) is 6.42 Å². The van der Waals surface area contributed by atoms with Crippen LogP contribution >= 0.6 is 0 Å². The normalized spacial score (nSPS) is 27.4. The first-order valence-electron chi connectivity index (χ1n) is 5.32. The average Bonchev–Trinajstić information content (AvgIpc) is 2.62. The number of carbonyl (C=O) groups is 1. The number of ketones is 1. The van der Waals surface area contributed by atoms with Crippen molar-refractivity contribution in [3.05, 3.63) is 0 Å². The monoisotopic (exact) mass is 226 g/mol. The average molecular weight is 226 g/mol. The number of likely N-dealkylation sites (tertiary alicyclic amines) is 1. The Morgan fingerprint density at radius 1 is 1.75 bits per heavy atom. The Kier molecular flexibility index (Phi) is 4.74. The van der Waals surface area contributed by atoms with Gasteiger partial charge >= 0.3 is 0 Å². The Labute approximate surface area is 95.7 Å². The van der Waals surface area contributed by atoms with Crippen molar-refractivity contribution in [3.63, 3.8) is 0 Å². The molecule has 1 fully saturated rings. The van der Waals surface area contributed by atoms with Crippen LogP contribution in [-0.2, 0) is 9.63 Å². The van der Waals surface area contributed by atoms with Gasteiger partial charge in [-0.15, -0.1) is 5.48 Å². The van der Waals surface area contributed by atoms with Gasteiger partial charge in [0.25, 0.3) is 0 Å². The molecule has 1 rings (SSSR count). The highest BCUT2D eigenvalue weighted by atomic mass is 16.6. The summed E-state index contributed by atoms with van der Waals surface area (Å²) in [5, 5.41) is 9.23. The zero-order valence-corrected chi connectivity index (χ0v) is 9.64. The van der Waals surface area contributed by atoms with Crippen LogP contribution in [-0.4, -0.2) is 47.6 Å². The van der Waals surface area contributed by atoms with E-state index in [1.54, 1.807) is 6.92 Å². The van der Waals surface area contributed by atoms with Crippen molar-refractivity contribution < 1.29 is 14.7 Å². The molecule has 1 aliphatic heterocycles. The van der Waals surface area contributed by atoms with Crippen LogP contribution in [0.1, 0.15) is 19.8 Å². The van der Waals surface area contributed by atoms with Crippen molar-refractivity contribution in [3.8, 4) is 12.5 Å². The molecule has 0 bridgehead atoms. The van der Waals surface area contributed by atoms with E-state index in [-0.39, 0.29) is 30.5 Å². The zero-order chi connectivity index (χ0) is 12.1. The fourth-order valence-electron chi connectivity index (χ4n) is 2.29. The molecule has 3 atom stereocenters. The Balaban J connectivity index is 2.60. The van der Waals surface area contributed by atoms with E-state index in [9.17, 15) is 9.90 Å². The molecular formula is C11H18N2O3. The van der Waals surface area contributed by atoms with Crippen LogP contribution in [0.4, 0.5) is 0 Å². The molecule has 1 unspecified atom stereocenters. The molecule has 0 aliphatic carbocycles. The molecule has 0 aromatic heterocycles. The van der Waals surface area contributed by atoms with E-state index in [1.807, 2.05) is 18.1 Å². The Morgan fingerprint density at radius 3 is 2.88 bits per heavy atom. The minimum absolute atomic E-state index is 0.0623. The molecule has 1 aliphatic rings. The first-order chi connectivity index (χ1) is 7.61. The minimum atomic E-state index is -0.273. The number of hydroxylamine groups is 1. The van der Waals surface area contributed by atoms with Crippen LogP contribution in [0.15, 0.2) is 0 Å². The molecule has 1 saturated heterocycles. The summed E-state index contributed by atoms with van der Waals surface area (Å²) in [4.78, 5) is 18.0. The molecule has 5 heteroatoms. The first kappa shape index (κ1) is 13.0. The van der Waals surface area contributed by atoms with Crippen LogP contribution in [0.2, 0.25) is 0 Å². The SMILES string of the molecule is C#CONC(CO)[C@H]1CC[C@H](C(C)=O)N1C. The highest BCUT2D eigenvalue weighted by molar-refractivity contribution is 5.81. The molecule has 0 aromatic rings. The summed E-state index contributed by atoms with van der Waals surface area (Å²) in [7, 11) is 1.88. The summed E-state index contributed by atoms with van der Waals surface area (Å²) in [6.07, 6.45) is 8.60. The molecule has 0 saturated carbocycles. The lowest BCUT2D eigenvalue weighted by Crippen LogP contribution is -2.50. The van der Waals surface area contributed by atoms with Gasteiger partial charge in [-0.05, 0) is 26.8 Å². The van der Waals surface area contributed by atoms with Gasteiger partial charge in [0.2, 0.25) is 0 Å². The van der Waals surface area contributed by atoms with Gasteiger partial charge in [-0.2, -0.15) is 0 Å². The van der Waals surface area contributed by atoms with Crippen LogP contribution in [0.25, 0.3) is 0 Å². The van der Waals surface area contributed by atoms with E-state index in [0.717, 1.165) is 12.8 Å². The molecule has 1 heterocycles. The van der Waals surface area contributed by atoms with Crippen molar-refractivity contribution in [2.45, 2.75) is 37.9 Å². The van der Waals surface area contributed by atoms with Crippen LogP contribution in [0.5, 0.6) is 0 Å². The van der Waals surface area contributed by atoms with Crippen molar-refractivity contribution in [2.75, 3.05) is 13.7 Å². The third kappa shape index (κ3) is 2.73. The maximum atomic E-state index is 11.3. The molecule has 0 aromatic carbocycles.